The highest BCUT2D eigenvalue weighted by Gasteiger charge is 2.48. The summed E-state index contributed by atoms with van der Waals surface area (Å²) in [6.45, 7) is 1.99. The second-order valence-corrected chi connectivity index (χ2v) is 9.22. The van der Waals surface area contributed by atoms with Crippen LogP contribution in [0.4, 0.5) is 0 Å². The van der Waals surface area contributed by atoms with Gasteiger partial charge in [-0.2, -0.15) is 0 Å². The summed E-state index contributed by atoms with van der Waals surface area (Å²) in [7, 11) is 3.41. The van der Waals surface area contributed by atoms with Crippen molar-refractivity contribution in [3.05, 3.63) is 0 Å². The molecule has 0 aliphatic rings. The molecule has 0 radical (unpaired) electrons. The summed E-state index contributed by atoms with van der Waals surface area (Å²) >= 11 is 0. The van der Waals surface area contributed by atoms with Crippen LogP contribution in [0.1, 0.15) is 13.3 Å². The van der Waals surface area contributed by atoms with Crippen LogP contribution in [0.25, 0.3) is 0 Å². The van der Waals surface area contributed by atoms with Crippen LogP contribution >= 0.6 is 0 Å². The maximum atomic E-state index is 5.86. The van der Waals surface area contributed by atoms with Crippen LogP contribution in [0, 0.1) is 0 Å². The van der Waals surface area contributed by atoms with Gasteiger partial charge in [-0.3, -0.25) is 0 Å². The van der Waals surface area contributed by atoms with Crippen molar-refractivity contribution in [2.24, 2.45) is 0 Å². The standard InChI is InChI=1S/C10H26O7Si2/c1-8-10(9-18(11-2,12-3)13-4)17-19(14-5,15-6)16-7/h10H,8-9H2,1-7H3. The average molecular weight is 314 g/mol. The van der Waals surface area contributed by atoms with Gasteiger partial charge >= 0.3 is 17.9 Å². The molecule has 0 saturated heterocycles. The van der Waals surface area contributed by atoms with E-state index in [4.69, 9.17) is 31.0 Å². The molecule has 0 spiro atoms. The van der Waals surface area contributed by atoms with Crippen LogP contribution in [-0.4, -0.2) is 66.6 Å². The van der Waals surface area contributed by atoms with Gasteiger partial charge in [0.15, 0.2) is 0 Å². The van der Waals surface area contributed by atoms with Crippen LogP contribution in [-0.2, 0) is 31.0 Å². The number of hydrogen-bond donors (Lipinski definition) is 0. The van der Waals surface area contributed by atoms with Crippen molar-refractivity contribution in [1.82, 2.24) is 0 Å². The Labute approximate surface area is 117 Å². The Morgan fingerprint density at radius 3 is 1.42 bits per heavy atom. The summed E-state index contributed by atoms with van der Waals surface area (Å²) in [5.74, 6) is 0. The van der Waals surface area contributed by atoms with E-state index in [2.05, 4.69) is 0 Å². The van der Waals surface area contributed by atoms with E-state index < -0.39 is 17.9 Å². The predicted octanol–water partition coefficient (Wildman–Crippen LogP) is 1.03. The molecule has 0 amide bonds. The van der Waals surface area contributed by atoms with Gasteiger partial charge in [-0.05, 0) is 6.42 Å². The molecule has 0 heterocycles. The Bertz CT molecular complexity index is 195. The third kappa shape index (κ3) is 5.21. The van der Waals surface area contributed by atoms with Crippen molar-refractivity contribution in [1.29, 1.82) is 0 Å². The smallest absolute Gasteiger partial charge is 0.377 e. The first-order valence-electron chi connectivity index (χ1n) is 5.99. The van der Waals surface area contributed by atoms with Gasteiger partial charge in [-0.15, -0.1) is 0 Å². The first-order chi connectivity index (χ1) is 9.00. The van der Waals surface area contributed by atoms with Crippen LogP contribution in [0.2, 0.25) is 6.04 Å². The van der Waals surface area contributed by atoms with Gasteiger partial charge in [0.2, 0.25) is 0 Å². The minimum absolute atomic E-state index is 0.196. The molecule has 19 heavy (non-hydrogen) atoms. The molecule has 0 N–H and O–H groups in total. The van der Waals surface area contributed by atoms with E-state index in [1.54, 1.807) is 21.3 Å². The third-order valence-corrected chi connectivity index (χ3v) is 7.87. The van der Waals surface area contributed by atoms with Crippen LogP contribution < -0.4 is 0 Å². The SMILES string of the molecule is CCC(C[Si](OC)(OC)OC)O[Si](OC)(OC)OC. The van der Waals surface area contributed by atoms with E-state index in [1.165, 1.54) is 21.3 Å². The summed E-state index contributed by atoms with van der Waals surface area (Å²) in [4.78, 5) is 0. The molecule has 0 bridgehead atoms. The third-order valence-electron chi connectivity index (χ3n) is 2.93. The topological polar surface area (TPSA) is 64.6 Å². The van der Waals surface area contributed by atoms with Crippen molar-refractivity contribution in [3.8, 4) is 0 Å². The zero-order valence-electron chi connectivity index (χ0n) is 12.8. The molecular formula is C10H26O7Si2. The summed E-state index contributed by atoms with van der Waals surface area (Å²) in [5, 5.41) is 0. The van der Waals surface area contributed by atoms with Crippen molar-refractivity contribution < 1.29 is 31.0 Å². The molecule has 1 atom stereocenters. The van der Waals surface area contributed by atoms with Crippen LogP contribution in [0.5, 0.6) is 0 Å². The van der Waals surface area contributed by atoms with Gasteiger partial charge in [0.05, 0.1) is 6.10 Å². The van der Waals surface area contributed by atoms with E-state index in [0.717, 1.165) is 6.42 Å². The molecule has 0 rings (SSSR count). The zero-order chi connectivity index (χ0) is 14.9. The second-order valence-electron chi connectivity index (χ2n) is 3.76. The Morgan fingerprint density at radius 1 is 0.737 bits per heavy atom. The summed E-state index contributed by atoms with van der Waals surface area (Å²) in [6.07, 6.45) is 0.536. The first-order valence-corrected chi connectivity index (χ1v) is 9.56. The molecule has 0 aliphatic heterocycles. The molecule has 0 aromatic heterocycles. The summed E-state index contributed by atoms with van der Waals surface area (Å²) in [6, 6.07) is 0.498. The van der Waals surface area contributed by atoms with E-state index in [9.17, 15) is 0 Å². The highest BCUT2D eigenvalue weighted by molar-refractivity contribution is 6.61. The fraction of sp³-hybridized carbons (Fsp3) is 1.00. The van der Waals surface area contributed by atoms with Crippen LogP contribution in [0.15, 0.2) is 0 Å². The summed E-state index contributed by atoms with van der Waals surface area (Å²) in [5.41, 5.74) is 0. The Morgan fingerprint density at radius 2 is 1.16 bits per heavy atom. The molecule has 7 nitrogen and oxygen atoms in total. The Balaban J connectivity index is 4.83. The Hall–Kier alpha value is 0.154. The fourth-order valence-electron chi connectivity index (χ4n) is 1.65. The molecule has 0 aromatic carbocycles. The monoisotopic (exact) mass is 314 g/mol. The van der Waals surface area contributed by atoms with Crippen molar-refractivity contribution in [3.63, 3.8) is 0 Å². The zero-order valence-corrected chi connectivity index (χ0v) is 14.8. The lowest BCUT2D eigenvalue weighted by molar-refractivity contribution is -0.0233. The number of rotatable bonds is 11. The second kappa shape index (κ2) is 9.16. The molecule has 0 aromatic rings. The summed E-state index contributed by atoms with van der Waals surface area (Å²) < 4.78 is 37.8. The molecule has 116 valence electrons. The minimum atomic E-state index is -3.08. The lowest BCUT2D eigenvalue weighted by atomic mass is 10.3. The number of hydrogen-bond acceptors (Lipinski definition) is 7. The van der Waals surface area contributed by atoms with E-state index in [1.807, 2.05) is 6.92 Å². The molecular weight excluding hydrogens is 288 g/mol. The van der Waals surface area contributed by atoms with Gasteiger partial charge in [0.25, 0.3) is 0 Å². The van der Waals surface area contributed by atoms with Crippen molar-refractivity contribution in [2.75, 3.05) is 42.7 Å². The van der Waals surface area contributed by atoms with E-state index in [-0.39, 0.29) is 6.10 Å². The quantitative estimate of drug-likeness (QED) is 0.528. The fourth-order valence-corrected chi connectivity index (χ4v) is 5.19. The molecule has 0 saturated carbocycles. The lowest BCUT2D eigenvalue weighted by Crippen LogP contribution is -2.52. The molecule has 9 heteroatoms. The highest BCUT2D eigenvalue weighted by Crippen LogP contribution is 2.23. The van der Waals surface area contributed by atoms with Gasteiger partial charge in [-0.25, -0.2) is 0 Å². The van der Waals surface area contributed by atoms with Gasteiger partial charge in [0.1, 0.15) is 0 Å². The van der Waals surface area contributed by atoms with E-state index >= 15 is 0 Å². The van der Waals surface area contributed by atoms with Gasteiger partial charge in [0, 0.05) is 48.7 Å². The lowest BCUT2D eigenvalue weighted by Gasteiger charge is -2.32. The largest absolute Gasteiger partial charge is 0.679 e. The van der Waals surface area contributed by atoms with Crippen molar-refractivity contribution >= 4 is 17.9 Å². The predicted molar refractivity (Wildman–Crippen MR) is 73.5 cm³/mol. The first kappa shape index (κ1) is 19.2. The molecule has 1 unspecified atom stereocenters. The van der Waals surface area contributed by atoms with Gasteiger partial charge in [-0.1, -0.05) is 6.92 Å². The minimum Gasteiger partial charge on any atom is -0.377 e. The van der Waals surface area contributed by atoms with Crippen LogP contribution in [0.3, 0.4) is 0 Å². The average Bonchev–Trinajstić information content (AvgIpc) is 2.49. The molecule has 0 aliphatic carbocycles. The molecule has 0 fully saturated rings. The van der Waals surface area contributed by atoms with E-state index in [0.29, 0.717) is 6.04 Å². The Kier molecular flexibility index (Phi) is 9.23. The normalized spacial score (nSPS) is 14.7. The van der Waals surface area contributed by atoms with Gasteiger partial charge < -0.3 is 31.0 Å². The highest BCUT2D eigenvalue weighted by atomic mass is 28.4. The van der Waals surface area contributed by atoms with Crippen molar-refractivity contribution in [2.45, 2.75) is 25.5 Å². The maximum absolute atomic E-state index is 5.86. The maximum Gasteiger partial charge on any atom is 0.679 e.